The average Bonchev–Trinajstić information content (AvgIpc) is 2.50. The molecule has 4 heteroatoms. The monoisotopic (exact) mass is 157 g/mol. The van der Waals surface area contributed by atoms with Gasteiger partial charge < -0.3 is 9.94 Å². The Morgan fingerprint density at radius 3 is 3.00 bits per heavy atom. The summed E-state index contributed by atoms with van der Waals surface area (Å²) in [6.07, 6.45) is 1.99. The number of hydrogen-bond acceptors (Lipinski definition) is 4. The van der Waals surface area contributed by atoms with Gasteiger partial charge in [0.25, 0.3) is 0 Å². The van der Waals surface area contributed by atoms with Crippen LogP contribution in [0, 0.1) is 5.92 Å². The molecule has 0 spiro atoms. The first-order chi connectivity index (χ1) is 5.27. The van der Waals surface area contributed by atoms with Gasteiger partial charge in [-0.15, -0.1) is 0 Å². The molecule has 0 aliphatic heterocycles. The van der Waals surface area contributed by atoms with Crippen LogP contribution in [0.1, 0.15) is 19.3 Å². The number of methoxy groups -OCH3 is 1. The number of oxime groups is 1. The highest BCUT2D eigenvalue weighted by Crippen LogP contribution is 2.23. The largest absolute Gasteiger partial charge is 0.469 e. The lowest BCUT2D eigenvalue weighted by molar-refractivity contribution is -0.145. The molecule has 1 N–H and O–H groups in total. The van der Waals surface area contributed by atoms with Crippen LogP contribution in [-0.4, -0.2) is 24.0 Å². The highest BCUT2D eigenvalue weighted by atomic mass is 16.5. The van der Waals surface area contributed by atoms with Crippen molar-refractivity contribution in [3.05, 3.63) is 0 Å². The molecule has 1 unspecified atom stereocenters. The summed E-state index contributed by atoms with van der Waals surface area (Å²) in [5, 5.41) is 11.4. The zero-order valence-electron chi connectivity index (χ0n) is 6.41. The van der Waals surface area contributed by atoms with Gasteiger partial charge in [-0.25, -0.2) is 0 Å². The maximum Gasteiger partial charge on any atom is 0.309 e. The smallest absolute Gasteiger partial charge is 0.309 e. The Morgan fingerprint density at radius 1 is 1.82 bits per heavy atom. The quantitative estimate of drug-likeness (QED) is 0.348. The van der Waals surface area contributed by atoms with E-state index in [0.717, 1.165) is 6.42 Å². The van der Waals surface area contributed by atoms with E-state index in [1.807, 2.05) is 0 Å². The Hall–Kier alpha value is -1.06. The van der Waals surface area contributed by atoms with Gasteiger partial charge in [-0.1, -0.05) is 5.16 Å². The van der Waals surface area contributed by atoms with E-state index in [2.05, 4.69) is 9.89 Å². The van der Waals surface area contributed by atoms with Crippen molar-refractivity contribution in [1.82, 2.24) is 0 Å². The first kappa shape index (κ1) is 8.04. The summed E-state index contributed by atoms with van der Waals surface area (Å²) in [6, 6.07) is 0. The molecule has 62 valence electrons. The van der Waals surface area contributed by atoms with Crippen LogP contribution >= 0.6 is 0 Å². The average molecular weight is 157 g/mol. The number of ether oxygens (including phenoxy) is 1. The molecule has 1 atom stereocenters. The van der Waals surface area contributed by atoms with Crippen molar-refractivity contribution in [2.45, 2.75) is 19.3 Å². The first-order valence-corrected chi connectivity index (χ1v) is 3.55. The summed E-state index contributed by atoms with van der Waals surface area (Å²) in [4.78, 5) is 10.9. The highest BCUT2D eigenvalue weighted by Gasteiger charge is 2.27. The molecule has 1 saturated carbocycles. The van der Waals surface area contributed by atoms with Crippen LogP contribution in [0.5, 0.6) is 0 Å². The number of carbonyl (C=O) groups is 1. The summed E-state index contributed by atoms with van der Waals surface area (Å²) in [7, 11) is 1.37. The predicted octanol–water partition coefficient (Wildman–Crippen LogP) is 0.790. The first-order valence-electron chi connectivity index (χ1n) is 3.55. The number of esters is 1. The minimum absolute atomic E-state index is 0.0918. The molecule has 0 bridgehead atoms. The molecule has 0 heterocycles. The summed E-state index contributed by atoms with van der Waals surface area (Å²) in [5.74, 6) is -0.297. The fourth-order valence-electron chi connectivity index (χ4n) is 1.29. The Morgan fingerprint density at radius 2 is 2.55 bits per heavy atom. The zero-order chi connectivity index (χ0) is 8.27. The summed E-state index contributed by atoms with van der Waals surface area (Å²) >= 11 is 0. The minimum Gasteiger partial charge on any atom is -0.469 e. The SMILES string of the molecule is COC(=O)C1CCC(=NO)C1. The van der Waals surface area contributed by atoms with E-state index in [0.29, 0.717) is 18.6 Å². The van der Waals surface area contributed by atoms with E-state index in [1.54, 1.807) is 0 Å². The zero-order valence-corrected chi connectivity index (χ0v) is 6.41. The molecule has 1 aliphatic rings. The maximum absolute atomic E-state index is 10.9. The Bertz CT molecular complexity index is 188. The second kappa shape index (κ2) is 3.37. The van der Waals surface area contributed by atoms with Gasteiger partial charge in [-0.3, -0.25) is 4.79 Å². The van der Waals surface area contributed by atoms with Crippen LogP contribution in [0.2, 0.25) is 0 Å². The van der Waals surface area contributed by atoms with Gasteiger partial charge in [0.1, 0.15) is 0 Å². The molecule has 1 rings (SSSR count). The molecule has 0 radical (unpaired) electrons. The van der Waals surface area contributed by atoms with E-state index in [-0.39, 0.29) is 11.9 Å². The van der Waals surface area contributed by atoms with Gasteiger partial charge in [0.15, 0.2) is 0 Å². The molecular weight excluding hydrogens is 146 g/mol. The Labute approximate surface area is 64.8 Å². The normalized spacial score (nSPS) is 27.4. The van der Waals surface area contributed by atoms with Crippen molar-refractivity contribution in [2.75, 3.05) is 7.11 Å². The van der Waals surface area contributed by atoms with Crippen molar-refractivity contribution in [2.24, 2.45) is 11.1 Å². The molecule has 0 amide bonds. The Balaban J connectivity index is 2.48. The number of nitrogens with zero attached hydrogens (tertiary/aromatic N) is 1. The minimum atomic E-state index is -0.205. The number of hydrogen-bond donors (Lipinski definition) is 1. The molecular formula is C7H11NO3. The van der Waals surface area contributed by atoms with E-state index in [9.17, 15) is 4.79 Å². The van der Waals surface area contributed by atoms with Gasteiger partial charge in [0.05, 0.1) is 18.7 Å². The Kier molecular flexibility index (Phi) is 2.46. The van der Waals surface area contributed by atoms with E-state index >= 15 is 0 Å². The predicted molar refractivity (Wildman–Crippen MR) is 38.6 cm³/mol. The van der Waals surface area contributed by atoms with Gasteiger partial charge in [-0.2, -0.15) is 0 Å². The van der Waals surface area contributed by atoms with Crippen molar-refractivity contribution in [3.63, 3.8) is 0 Å². The molecule has 0 saturated heterocycles. The van der Waals surface area contributed by atoms with Gasteiger partial charge in [0.2, 0.25) is 0 Å². The van der Waals surface area contributed by atoms with Crippen molar-refractivity contribution in [3.8, 4) is 0 Å². The van der Waals surface area contributed by atoms with Crippen molar-refractivity contribution in [1.29, 1.82) is 0 Å². The fourth-order valence-corrected chi connectivity index (χ4v) is 1.29. The van der Waals surface area contributed by atoms with Gasteiger partial charge >= 0.3 is 5.97 Å². The van der Waals surface area contributed by atoms with E-state index in [1.165, 1.54) is 7.11 Å². The molecule has 11 heavy (non-hydrogen) atoms. The third kappa shape index (κ3) is 1.69. The van der Waals surface area contributed by atoms with Crippen LogP contribution < -0.4 is 0 Å². The van der Waals surface area contributed by atoms with Gasteiger partial charge in [-0.05, 0) is 12.8 Å². The molecule has 1 fully saturated rings. The lowest BCUT2D eigenvalue weighted by Gasteiger charge is -2.03. The van der Waals surface area contributed by atoms with Gasteiger partial charge in [0, 0.05) is 6.42 Å². The van der Waals surface area contributed by atoms with Crippen molar-refractivity contribution < 1.29 is 14.7 Å². The van der Waals surface area contributed by atoms with E-state index in [4.69, 9.17) is 5.21 Å². The van der Waals surface area contributed by atoms with Crippen molar-refractivity contribution >= 4 is 11.7 Å². The molecule has 0 aromatic carbocycles. The second-order valence-electron chi connectivity index (χ2n) is 2.63. The van der Waals surface area contributed by atoms with Crippen LogP contribution in [0.4, 0.5) is 0 Å². The lowest BCUT2D eigenvalue weighted by atomic mass is 10.1. The van der Waals surface area contributed by atoms with Crippen LogP contribution in [0.25, 0.3) is 0 Å². The summed E-state index contributed by atoms with van der Waals surface area (Å²) in [5.41, 5.74) is 0.695. The summed E-state index contributed by atoms with van der Waals surface area (Å²) in [6.45, 7) is 0. The topological polar surface area (TPSA) is 58.9 Å². The number of rotatable bonds is 1. The second-order valence-corrected chi connectivity index (χ2v) is 2.63. The van der Waals surface area contributed by atoms with Crippen LogP contribution in [-0.2, 0) is 9.53 Å². The fraction of sp³-hybridized carbons (Fsp3) is 0.714. The summed E-state index contributed by atoms with van der Waals surface area (Å²) < 4.78 is 4.55. The maximum atomic E-state index is 10.9. The highest BCUT2D eigenvalue weighted by molar-refractivity contribution is 5.91. The molecule has 4 nitrogen and oxygen atoms in total. The lowest BCUT2D eigenvalue weighted by Crippen LogP contribution is -2.12. The van der Waals surface area contributed by atoms with E-state index < -0.39 is 0 Å². The van der Waals surface area contributed by atoms with Crippen LogP contribution in [0.3, 0.4) is 0 Å². The molecule has 0 aromatic heterocycles. The van der Waals surface area contributed by atoms with Crippen LogP contribution in [0.15, 0.2) is 5.16 Å². The number of carbonyl (C=O) groups excluding carboxylic acids is 1. The molecule has 0 aromatic rings. The standard InChI is InChI=1S/C7H11NO3/c1-11-7(9)5-2-3-6(4-5)8-10/h5,10H,2-4H2,1H3. The third-order valence-corrected chi connectivity index (χ3v) is 1.94. The third-order valence-electron chi connectivity index (χ3n) is 1.94. The molecule has 1 aliphatic carbocycles.